The first-order valence-corrected chi connectivity index (χ1v) is 11.1. The quantitative estimate of drug-likeness (QED) is 0.472. The summed E-state index contributed by atoms with van der Waals surface area (Å²) in [5.74, 6) is -0.601. The molecule has 1 aliphatic carbocycles. The minimum absolute atomic E-state index is 0.0548. The first kappa shape index (κ1) is 20.9. The Hall–Kier alpha value is -2.33. The first-order chi connectivity index (χ1) is 14.2. The van der Waals surface area contributed by atoms with Gasteiger partial charge in [0.05, 0.1) is 21.9 Å². The van der Waals surface area contributed by atoms with E-state index < -0.39 is 28.5 Å². The van der Waals surface area contributed by atoms with Crippen molar-refractivity contribution >= 4 is 39.2 Å². The van der Waals surface area contributed by atoms with Crippen LogP contribution in [0.15, 0.2) is 34.2 Å². The molecule has 158 valence electrons. The van der Waals surface area contributed by atoms with Crippen molar-refractivity contribution in [1.29, 1.82) is 0 Å². The molecular formula is C20H18F3N3O2S2. The molecule has 0 saturated carbocycles. The van der Waals surface area contributed by atoms with E-state index in [9.17, 15) is 22.8 Å². The highest BCUT2D eigenvalue weighted by molar-refractivity contribution is 8.00. The standard InChI is InChI=1S/C20H18F3N3O2S2/c1-10(16(24)27)29-19-25-17-15(13-7-2-3-8-14(13)30-17)18(28)26(19)12-6-4-5-11(9-12)20(21,22)23/h4-6,9-10H,2-3,7-8H2,1H3,(H2,24,27)/t10-/m1/s1. The Labute approximate surface area is 178 Å². The average molecular weight is 454 g/mol. The van der Waals surface area contributed by atoms with E-state index in [-0.39, 0.29) is 10.8 Å². The van der Waals surface area contributed by atoms with Crippen LogP contribution in [-0.2, 0) is 23.8 Å². The number of halogens is 3. The Balaban J connectivity index is 1.99. The Bertz CT molecular complexity index is 1200. The molecule has 1 aliphatic rings. The molecule has 0 fully saturated rings. The predicted molar refractivity (Wildman–Crippen MR) is 111 cm³/mol. The smallest absolute Gasteiger partial charge is 0.369 e. The van der Waals surface area contributed by atoms with Crippen molar-refractivity contribution in [3.63, 3.8) is 0 Å². The molecule has 1 amide bonds. The van der Waals surface area contributed by atoms with Crippen molar-refractivity contribution in [3.05, 3.63) is 50.6 Å². The van der Waals surface area contributed by atoms with Crippen LogP contribution < -0.4 is 11.3 Å². The third-order valence-corrected chi connectivity index (χ3v) is 7.33. The maximum atomic E-state index is 13.5. The second-order valence-corrected chi connectivity index (χ2v) is 9.53. The van der Waals surface area contributed by atoms with Crippen LogP contribution in [0, 0.1) is 0 Å². The molecule has 5 nitrogen and oxygen atoms in total. The summed E-state index contributed by atoms with van der Waals surface area (Å²) in [7, 11) is 0. The van der Waals surface area contributed by atoms with Gasteiger partial charge in [0.25, 0.3) is 5.56 Å². The normalized spacial score (nSPS) is 15.2. The molecule has 0 bridgehead atoms. The second-order valence-electron chi connectivity index (χ2n) is 7.14. The molecule has 0 unspecified atom stereocenters. The number of carbonyl (C=O) groups is 1. The summed E-state index contributed by atoms with van der Waals surface area (Å²) >= 11 is 2.41. The summed E-state index contributed by atoms with van der Waals surface area (Å²) < 4.78 is 41.0. The highest BCUT2D eigenvalue weighted by Gasteiger charge is 2.31. The van der Waals surface area contributed by atoms with Crippen molar-refractivity contribution in [3.8, 4) is 5.69 Å². The SMILES string of the molecule is C[C@@H](Sc1nc2sc3c(c2c(=O)n1-c1cccc(C(F)(F)F)c1)CCCC3)C(N)=O. The van der Waals surface area contributed by atoms with Crippen molar-refractivity contribution in [1.82, 2.24) is 9.55 Å². The van der Waals surface area contributed by atoms with Gasteiger partial charge in [0, 0.05) is 4.88 Å². The van der Waals surface area contributed by atoms with Gasteiger partial charge in [-0.15, -0.1) is 11.3 Å². The fourth-order valence-electron chi connectivity index (χ4n) is 3.53. The third-order valence-electron chi connectivity index (χ3n) is 5.07. The molecule has 30 heavy (non-hydrogen) atoms. The lowest BCUT2D eigenvalue weighted by Crippen LogP contribution is -2.26. The van der Waals surface area contributed by atoms with Gasteiger partial charge in [0.1, 0.15) is 4.83 Å². The van der Waals surface area contributed by atoms with Gasteiger partial charge in [-0.05, 0) is 56.4 Å². The van der Waals surface area contributed by atoms with Crippen molar-refractivity contribution < 1.29 is 18.0 Å². The topological polar surface area (TPSA) is 78.0 Å². The average Bonchev–Trinajstić information content (AvgIpc) is 3.06. The number of aromatic nitrogens is 2. The van der Waals surface area contributed by atoms with Crippen LogP contribution in [0.25, 0.3) is 15.9 Å². The van der Waals surface area contributed by atoms with Gasteiger partial charge >= 0.3 is 6.18 Å². The van der Waals surface area contributed by atoms with Gasteiger partial charge in [-0.2, -0.15) is 13.2 Å². The first-order valence-electron chi connectivity index (χ1n) is 9.37. The highest BCUT2D eigenvalue weighted by atomic mass is 32.2. The third kappa shape index (κ3) is 3.74. The number of carbonyl (C=O) groups excluding carboxylic acids is 1. The summed E-state index contributed by atoms with van der Waals surface area (Å²) in [5.41, 5.74) is 5.08. The zero-order chi connectivity index (χ0) is 21.6. The summed E-state index contributed by atoms with van der Waals surface area (Å²) in [6.07, 6.45) is -0.954. The number of nitrogens with zero attached hydrogens (tertiary/aromatic N) is 2. The minimum atomic E-state index is -4.55. The van der Waals surface area contributed by atoms with Crippen LogP contribution in [-0.4, -0.2) is 20.7 Å². The molecule has 2 N–H and O–H groups in total. The number of alkyl halides is 3. The minimum Gasteiger partial charge on any atom is -0.369 e. The molecule has 10 heteroatoms. The number of nitrogens with two attached hydrogens (primary N) is 1. The van der Waals surface area contributed by atoms with Crippen LogP contribution >= 0.6 is 23.1 Å². The molecule has 1 aromatic carbocycles. The lowest BCUT2D eigenvalue weighted by atomic mass is 9.97. The zero-order valence-corrected chi connectivity index (χ0v) is 17.6. The van der Waals surface area contributed by atoms with E-state index >= 15 is 0 Å². The lowest BCUT2D eigenvalue weighted by molar-refractivity contribution is -0.137. The zero-order valence-electron chi connectivity index (χ0n) is 16.0. The molecule has 0 saturated heterocycles. The van der Waals surface area contributed by atoms with Gasteiger partial charge < -0.3 is 5.73 Å². The number of hydrogen-bond acceptors (Lipinski definition) is 5. The van der Waals surface area contributed by atoms with E-state index in [2.05, 4.69) is 4.98 Å². The summed E-state index contributed by atoms with van der Waals surface area (Å²) in [5, 5.41) is -0.0964. The molecule has 1 atom stereocenters. The predicted octanol–water partition coefficient (Wildman–Crippen LogP) is 4.31. The van der Waals surface area contributed by atoms with E-state index in [0.29, 0.717) is 10.2 Å². The number of aryl methyl sites for hydroxylation is 2. The molecule has 0 aliphatic heterocycles. The number of benzene rings is 1. The molecule has 4 rings (SSSR count). The van der Waals surface area contributed by atoms with Gasteiger partial charge in [-0.25, -0.2) is 4.98 Å². The lowest BCUT2D eigenvalue weighted by Gasteiger charge is -2.16. The molecule has 2 aromatic heterocycles. The number of thiophene rings is 1. The van der Waals surface area contributed by atoms with Crippen LogP contribution in [0.4, 0.5) is 13.2 Å². The van der Waals surface area contributed by atoms with E-state index in [0.717, 1.165) is 60.0 Å². The summed E-state index contributed by atoms with van der Waals surface area (Å²) in [6, 6.07) is 4.56. The van der Waals surface area contributed by atoms with E-state index in [1.165, 1.54) is 28.0 Å². The molecule has 2 heterocycles. The van der Waals surface area contributed by atoms with Crippen molar-refractivity contribution in [2.75, 3.05) is 0 Å². The van der Waals surface area contributed by atoms with Crippen molar-refractivity contribution in [2.24, 2.45) is 5.73 Å². The number of rotatable bonds is 4. The van der Waals surface area contributed by atoms with Crippen LogP contribution in [0.1, 0.15) is 35.8 Å². The second kappa shape index (κ2) is 7.73. The van der Waals surface area contributed by atoms with E-state index in [4.69, 9.17) is 5.73 Å². The largest absolute Gasteiger partial charge is 0.416 e. The Kier molecular flexibility index (Phi) is 5.39. The number of thioether (sulfide) groups is 1. The van der Waals surface area contributed by atoms with Gasteiger partial charge in [-0.1, -0.05) is 17.8 Å². The maximum Gasteiger partial charge on any atom is 0.416 e. The van der Waals surface area contributed by atoms with Crippen LogP contribution in [0.5, 0.6) is 0 Å². The van der Waals surface area contributed by atoms with Gasteiger partial charge in [0.15, 0.2) is 5.16 Å². The van der Waals surface area contributed by atoms with Crippen LogP contribution in [0.2, 0.25) is 0 Å². The number of fused-ring (bicyclic) bond motifs is 3. The molecule has 0 spiro atoms. The number of hydrogen-bond donors (Lipinski definition) is 1. The van der Waals surface area contributed by atoms with Crippen LogP contribution in [0.3, 0.4) is 0 Å². The fourth-order valence-corrected chi connectivity index (χ4v) is 5.71. The fraction of sp³-hybridized carbons (Fsp3) is 0.350. The monoisotopic (exact) mass is 453 g/mol. The van der Waals surface area contributed by atoms with Gasteiger partial charge in [-0.3, -0.25) is 14.2 Å². The summed E-state index contributed by atoms with van der Waals surface area (Å²) in [6.45, 7) is 1.57. The Morgan fingerprint density at radius 2 is 2.03 bits per heavy atom. The number of primary amides is 1. The highest BCUT2D eigenvalue weighted by Crippen LogP contribution is 2.36. The molecule has 3 aromatic rings. The summed E-state index contributed by atoms with van der Waals surface area (Å²) in [4.78, 5) is 31.3. The van der Waals surface area contributed by atoms with E-state index in [1.807, 2.05) is 0 Å². The molecular weight excluding hydrogens is 435 g/mol. The van der Waals surface area contributed by atoms with E-state index in [1.54, 1.807) is 6.92 Å². The number of amides is 1. The maximum absolute atomic E-state index is 13.5. The van der Waals surface area contributed by atoms with Crippen molar-refractivity contribution in [2.45, 2.75) is 49.2 Å². The Morgan fingerprint density at radius 3 is 2.73 bits per heavy atom. The Morgan fingerprint density at radius 1 is 1.30 bits per heavy atom. The van der Waals surface area contributed by atoms with Gasteiger partial charge in [0.2, 0.25) is 5.91 Å². The molecule has 0 radical (unpaired) electrons.